The number of nitrogens with one attached hydrogen (secondary N) is 1. The van der Waals surface area contributed by atoms with Gasteiger partial charge in [-0.1, -0.05) is 0 Å². The monoisotopic (exact) mass is 191 g/mol. The van der Waals surface area contributed by atoms with E-state index in [2.05, 4.69) is 15.9 Å². The second kappa shape index (κ2) is 3.44. The number of alkyl halides is 2. The van der Waals surface area contributed by atoms with Crippen LogP contribution < -0.4 is 11.3 Å². The quantitative estimate of drug-likeness (QED) is 0.361. The van der Waals surface area contributed by atoms with Gasteiger partial charge in [0.1, 0.15) is 19.2 Å². The van der Waals surface area contributed by atoms with Crippen molar-refractivity contribution in [3.05, 3.63) is 12.7 Å². The average Bonchev–Trinajstić information content (AvgIpc) is 2.54. The summed E-state index contributed by atoms with van der Waals surface area (Å²) in [6.45, 7) is -0.879. The van der Waals surface area contributed by atoms with Gasteiger partial charge in [0.25, 0.3) is 0 Å². The second-order valence-corrected chi connectivity index (χ2v) is 2.27. The van der Waals surface area contributed by atoms with Gasteiger partial charge in [0, 0.05) is 0 Å². The largest absolute Gasteiger partial charge is 0.345 e. The summed E-state index contributed by atoms with van der Waals surface area (Å²) < 4.78 is 26.4. The van der Waals surface area contributed by atoms with Crippen LogP contribution in [0.3, 0.4) is 0 Å². The smallest absolute Gasteiger partial charge is 0.289 e. The van der Waals surface area contributed by atoms with Crippen molar-refractivity contribution >= 4 is 5.91 Å². The number of hydrogen-bond donors (Lipinski definition) is 2. The van der Waals surface area contributed by atoms with Crippen molar-refractivity contribution in [1.29, 1.82) is 0 Å². The first kappa shape index (κ1) is 9.52. The summed E-state index contributed by atoms with van der Waals surface area (Å²) >= 11 is 0. The fourth-order valence-electron chi connectivity index (χ4n) is 0.695. The summed E-state index contributed by atoms with van der Waals surface area (Å²) in [7, 11) is 0. The third kappa shape index (κ3) is 2.18. The lowest BCUT2D eigenvalue weighted by Gasteiger charge is -2.13. The summed E-state index contributed by atoms with van der Waals surface area (Å²) in [5.41, 5.74) is 1.37. The van der Waals surface area contributed by atoms with E-state index in [9.17, 15) is 13.6 Å². The molecule has 3 N–H and O–H groups in total. The molecule has 13 heavy (non-hydrogen) atoms. The Balaban J connectivity index is 2.67. The Morgan fingerprint density at radius 1 is 1.69 bits per heavy atom. The number of amides is 1. The van der Waals surface area contributed by atoms with Crippen LogP contribution in [0.4, 0.5) is 8.78 Å². The first-order chi connectivity index (χ1) is 6.06. The topological polar surface area (TPSA) is 85.8 Å². The molecule has 0 aliphatic carbocycles. The third-order valence-electron chi connectivity index (χ3n) is 1.29. The van der Waals surface area contributed by atoms with E-state index in [-0.39, 0.29) is 0 Å². The van der Waals surface area contributed by atoms with Crippen molar-refractivity contribution in [2.75, 3.05) is 0 Å². The van der Waals surface area contributed by atoms with Gasteiger partial charge in [-0.25, -0.2) is 15.5 Å². The van der Waals surface area contributed by atoms with Crippen LogP contribution in [0.2, 0.25) is 0 Å². The standard InChI is InChI=1S/C5H7F2N5O/c6-5(7,4(13)11-8)1-12-3-9-2-10-12/h2-3H,1,8H2,(H,11,13). The molecule has 1 heterocycles. The van der Waals surface area contributed by atoms with E-state index in [0.29, 0.717) is 0 Å². The Labute approximate surface area is 71.7 Å². The van der Waals surface area contributed by atoms with E-state index in [0.717, 1.165) is 17.3 Å². The van der Waals surface area contributed by atoms with Crippen LogP contribution in [0.1, 0.15) is 0 Å². The molecule has 0 aliphatic rings. The molecular formula is C5H7F2N5O. The molecule has 1 aromatic rings. The van der Waals surface area contributed by atoms with E-state index < -0.39 is 18.4 Å². The van der Waals surface area contributed by atoms with Crippen molar-refractivity contribution in [3.63, 3.8) is 0 Å². The minimum Gasteiger partial charge on any atom is -0.289 e. The Hall–Kier alpha value is -1.57. The molecule has 0 aliphatic heterocycles. The molecule has 0 spiro atoms. The van der Waals surface area contributed by atoms with Crippen LogP contribution in [0.5, 0.6) is 0 Å². The Morgan fingerprint density at radius 3 is 2.85 bits per heavy atom. The van der Waals surface area contributed by atoms with Gasteiger partial charge in [-0.2, -0.15) is 13.9 Å². The summed E-state index contributed by atoms with van der Waals surface area (Å²) in [5.74, 6) is -0.571. The maximum atomic E-state index is 12.8. The molecule has 1 amide bonds. The van der Waals surface area contributed by atoms with Gasteiger partial charge in [-0.05, 0) is 0 Å². The Morgan fingerprint density at radius 2 is 2.38 bits per heavy atom. The number of carbonyl (C=O) groups excluding carboxylic acids is 1. The van der Waals surface area contributed by atoms with Gasteiger partial charge < -0.3 is 0 Å². The molecule has 0 aromatic carbocycles. The first-order valence-corrected chi connectivity index (χ1v) is 3.27. The zero-order valence-corrected chi connectivity index (χ0v) is 6.44. The number of hydrogen-bond acceptors (Lipinski definition) is 4. The fraction of sp³-hybridized carbons (Fsp3) is 0.400. The summed E-state index contributed by atoms with van der Waals surface area (Å²) in [6.07, 6.45) is 2.17. The Kier molecular flexibility index (Phi) is 2.52. The number of carbonyl (C=O) groups is 1. The molecule has 0 radical (unpaired) electrons. The predicted octanol–water partition coefficient (Wildman–Crippen LogP) is -1.10. The SMILES string of the molecule is NNC(=O)C(F)(F)Cn1cncn1. The molecule has 8 heteroatoms. The highest BCUT2D eigenvalue weighted by Crippen LogP contribution is 2.14. The highest BCUT2D eigenvalue weighted by Gasteiger charge is 2.39. The minimum absolute atomic E-state index is 0.842. The van der Waals surface area contributed by atoms with E-state index in [1.54, 1.807) is 0 Å². The normalized spacial score (nSPS) is 11.3. The van der Waals surface area contributed by atoms with Crippen molar-refractivity contribution in [2.45, 2.75) is 12.5 Å². The van der Waals surface area contributed by atoms with Gasteiger partial charge in [0.2, 0.25) is 0 Å². The summed E-state index contributed by atoms with van der Waals surface area (Å²) in [6, 6.07) is 0. The molecule has 1 aromatic heterocycles. The van der Waals surface area contributed by atoms with Crippen molar-refractivity contribution in [2.24, 2.45) is 5.84 Å². The van der Waals surface area contributed by atoms with Crippen LogP contribution in [0, 0.1) is 0 Å². The van der Waals surface area contributed by atoms with E-state index in [1.165, 1.54) is 5.43 Å². The van der Waals surface area contributed by atoms with E-state index in [4.69, 9.17) is 0 Å². The molecule has 72 valence electrons. The maximum absolute atomic E-state index is 12.8. The zero-order chi connectivity index (χ0) is 9.90. The van der Waals surface area contributed by atoms with E-state index >= 15 is 0 Å². The van der Waals surface area contributed by atoms with E-state index in [1.807, 2.05) is 0 Å². The van der Waals surface area contributed by atoms with Gasteiger partial charge in [0.05, 0.1) is 0 Å². The third-order valence-corrected chi connectivity index (χ3v) is 1.29. The molecule has 0 saturated heterocycles. The number of rotatable bonds is 3. The lowest BCUT2D eigenvalue weighted by molar-refractivity contribution is -0.147. The summed E-state index contributed by atoms with van der Waals surface area (Å²) in [5, 5.41) is 3.42. The highest BCUT2D eigenvalue weighted by atomic mass is 19.3. The van der Waals surface area contributed by atoms with Crippen LogP contribution >= 0.6 is 0 Å². The van der Waals surface area contributed by atoms with Crippen LogP contribution in [0.15, 0.2) is 12.7 Å². The zero-order valence-electron chi connectivity index (χ0n) is 6.44. The first-order valence-electron chi connectivity index (χ1n) is 3.27. The summed E-state index contributed by atoms with van der Waals surface area (Å²) in [4.78, 5) is 14.0. The van der Waals surface area contributed by atoms with Gasteiger partial charge >= 0.3 is 11.8 Å². The average molecular weight is 191 g/mol. The van der Waals surface area contributed by atoms with Crippen molar-refractivity contribution in [3.8, 4) is 0 Å². The lowest BCUT2D eigenvalue weighted by Crippen LogP contribution is -2.46. The van der Waals surface area contributed by atoms with Gasteiger partial charge in [0.15, 0.2) is 0 Å². The Bertz CT molecular complexity index is 285. The number of hydrazine groups is 1. The fourth-order valence-corrected chi connectivity index (χ4v) is 0.695. The van der Waals surface area contributed by atoms with Crippen molar-refractivity contribution in [1.82, 2.24) is 20.2 Å². The molecule has 6 nitrogen and oxygen atoms in total. The van der Waals surface area contributed by atoms with Crippen LogP contribution in [-0.2, 0) is 11.3 Å². The molecule has 1 rings (SSSR count). The molecular weight excluding hydrogens is 184 g/mol. The van der Waals surface area contributed by atoms with Crippen molar-refractivity contribution < 1.29 is 13.6 Å². The number of aromatic nitrogens is 3. The molecule has 0 unspecified atom stereocenters. The van der Waals surface area contributed by atoms with Crippen LogP contribution in [-0.4, -0.2) is 26.6 Å². The van der Waals surface area contributed by atoms with Gasteiger partial charge in [-0.15, -0.1) is 0 Å². The predicted molar refractivity (Wildman–Crippen MR) is 37.3 cm³/mol. The molecule has 0 bridgehead atoms. The minimum atomic E-state index is -3.58. The molecule has 0 fully saturated rings. The maximum Gasteiger partial charge on any atom is 0.345 e. The van der Waals surface area contributed by atoms with Crippen LogP contribution in [0.25, 0.3) is 0 Å². The van der Waals surface area contributed by atoms with Gasteiger partial charge in [-0.3, -0.25) is 10.2 Å². The second-order valence-electron chi connectivity index (χ2n) is 2.27. The molecule has 0 saturated carbocycles. The number of nitrogens with zero attached hydrogens (tertiary/aromatic N) is 3. The number of nitrogens with two attached hydrogens (primary N) is 1. The lowest BCUT2D eigenvalue weighted by atomic mass is 10.3. The molecule has 0 atom stereocenters. The highest BCUT2D eigenvalue weighted by molar-refractivity contribution is 5.82. The number of halogens is 2.